The van der Waals surface area contributed by atoms with Crippen LogP contribution in [0.1, 0.15) is 29.3 Å². The number of urea groups is 1. The van der Waals surface area contributed by atoms with Crippen molar-refractivity contribution in [2.24, 2.45) is 11.8 Å². The van der Waals surface area contributed by atoms with Crippen LogP contribution in [-0.2, 0) is 9.53 Å². The van der Waals surface area contributed by atoms with E-state index >= 15 is 0 Å². The lowest BCUT2D eigenvalue weighted by molar-refractivity contribution is -0.143. The molecule has 0 aromatic heterocycles. The smallest absolute Gasteiger partial charge is 0.321 e. The van der Waals surface area contributed by atoms with Gasteiger partial charge >= 0.3 is 12.0 Å². The molecule has 1 aromatic rings. The van der Waals surface area contributed by atoms with Crippen molar-refractivity contribution >= 4 is 23.6 Å². The predicted molar refractivity (Wildman–Crippen MR) is 103 cm³/mol. The molecule has 3 rings (SSSR count). The van der Waals surface area contributed by atoms with Crippen LogP contribution in [0.3, 0.4) is 0 Å². The summed E-state index contributed by atoms with van der Waals surface area (Å²) in [6.07, 6.45) is 0.571. The third kappa shape index (κ3) is 4.62. The molecule has 2 saturated heterocycles. The number of carbonyl (C=O) groups is 3. The number of hydrogen-bond donors (Lipinski definition) is 2. The van der Waals surface area contributed by atoms with Crippen molar-refractivity contribution in [1.82, 2.24) is 9.80 Å². The van der Waals surface area contributed by atoms with Crippen molar-refractivity contribution in [1.29, 1.82) is 0 Å². The minimum Gasteiger partial charge on any atom is -0.481 e. The SMILES string of the molecule is Cc1ccc(NC(=O)N2CC(C)CC(C(=O)O)C2)cc1C(=O)N1CCOCC1. The molecule has 2 unspecified atom stereocenters. The second kappa shape index (κ2) is 8.60. The van der Waals surface area contributed by atoms with E-state index in [1.807, 2.05) is 19.9 Å². The number of nitrogens with one attached hydrogen (secondary N) is 1. The average Bonchev–Trinajstić information content (AvgIpc) is 2.69. The van der Waals surface area contributed by atoms with Gasteiger partial charge in [0.15, 0.2) is 0 Å². The first-order valence-electron chi connectivity index (χ1n) is 9.61. The number of anilines is 1. The molecule has 8 heteroatoms. The Balaban J connectivity index is 1.71. The Labute approximate surface area is 164 Å². The molecule has 28 heavy (non-hydrogen) atoms. The van der Waals surface area contributed by atoms with Crippen molar-refractivity contribution in [2.75, 3.05) is 44.7 Å². The summed E-state index contributed by atoms with van der Waals surface area (Å²) in [5, 5.41) is 12.1. The molecule has 3 amide bonds. The van der Waals surface area contributed by atoms with Crippen molar-refractivity contribution in [3.8, 4) is 0 Å². The summed E-state index contributed by atoms with van der Waals surface area (Å²) in [6.45, 7) is 6.67. The Morgan fingerprint density at radius 1 is 1.14 bits per heavy atom. The van der Waals surface area contributed by atoms with Crippen LogP contribution in [-0.4, -0.2) is 72.2 Å². The number of hydrogen-bond acceptors (Lipinski definition) is 4. The molecular formula is C20H27N3O5. The lowest BCUT2D eigenvalue weighted by Crippen LogP contribution is -2.47. The van der Waals surface area contributed by atoms with Gasteiger partial charge in [0.05, 0.1) is 19.1 Å². The van der Waals surface area contributed by atoms with Crippen LogP contribution in [0, 0.1) is 18.8 Å². The first-order chi connectivity index (χ1) is 13.3. The molecule has 152 valence electrons. The first kappa shape index (κ1) is 20.1. The minimum absolute atomic E-state index is 0.0746. The van der Waals surface area contributed by atoms with Gasteiger partial charge in [0.1, 0.15) is 0 Å². The van der Waals surface area contributed by atoms with Crippen LogP contribution in [0.25, 0.3) is 0 Å². The number of piperidine rings is 1. The molecule has 2 atom stereocenters. The third-order valence-electron chi connectivity index (χ3n) is 5.31. The number of likely N-dealkylation sites (tertiary alicyclic amines) is 1. The Kier molecular flexibility index (Phi) is 6.18. The lowest BCUT2D eigenvalue weighted by Gasteiger charge is -2.34. The number of carboxylic acids is 1. The molecule has 2 N–H and O–H groups in total. The Morgan fingerprint density at radius 3 is 2.54 bits per heavy atom. The number of nitrogens with zero attached hydrogens (tertiary/aromatic N) is 2. The molecule has 0 bridgehead atoms. The minimum atomic E-state index is -0.877. The maximum atomic E-state index is 12.8. The molecule has 8 nitrogen and oxygen atoms in total. The number of amides is 3. The van der Waals surface area contributed by atoms with Gasteiger partial charge in [-0.1, -0.05) is 13.0 Å². The van der Waals surface area contributed by atoms with Crippen molar-refractivity contribution < 1.29 is 24.2 Å². The van der Waals surface area contributed by atoms with Crippen molar-refractivity contribution in [3.05, 3.63) is 29.3 Å². The fourth-order valence-corrected chi connectivity index (χ4v) is 3.77. The van der Waals surface area contributed by atoms with Gasteiger partial charge in [0, 0.05) is 37.4 Å². The summed E-state index contributed by atoms with van der Waals surface area (Å²) < 4.78 is 5.30. The van der Waals surface area contributed by atoms with Crippen LogP contribution in [0.2, 0.25) is 0 Å². The highest BCUT2D eigenvalue weighted by Crippen LogP contribution is 2.23. The number of carbonyl (C=O) groups excluding carboxylic acids is 2. The highest BCUT2D eigenvalue weighted by molar-refractivity contribution is 5.98. The number of morpholine rings is 1. The Hall–Kier alpha value is -2.61. The fourth-order valence-electron chi connectivity index (χ4n) is 3.77. The zero-order valence-corrected chi connectivity index (χ0v) is 16.3. The van der Waals surface area contributed by atoms with Gasteiger partial charge < -0.3 is 25.0 Å². The molecule has 2 fully saturated rings. The number of ether oxygens (including phenoxy) is 1. The molecule has 0 saturated carbocycles. The van der Waals surface area contributed by atoms with E-state index in [0.717, 1.165) is 5.56 Å². The summed E-state index contributed by atoms with van der Waals surface area (Å²) in [4.78, 5) is 40.1. The molecule has 0 radical (unpaired) electrons. The van der Waals surface area contributed by atoms with Gasteiger partial charge in [0.2, 0.25) is 0 Å². The number of aliphatic carboxylic acids is 1. The largest absolute Gasteiger partial charge is 0.481 e. The van der Waals surface area contributed by atoms with E-state index in [2.05, 4.69) is 5.32 Å². The monoisotopic (exact) mass is 389 g/mol. The molecule has 0 aliphatic carbocycles. The predicted octanol–water partition coefficient (Wildman–Crippen LogP) is 2.04. The van der Waals surface area contributed by atoms with Crippen LogP contribution in [0.15, 0.2) is 18.2 Å². The number of aryl methyl sites for hydroxylation is 1. The van der Waals surface area contributed by atoms with Gasteiger partial charge in [-0.2, -0.15) is 0 Å². The second-order valence-electron chi connectivity index (χ2n) is 7.65. The molecule has 2 aliphatic rings. The lowest BCUT2D eigenvalue weighted by atomic mass is 9.91. The number of benzene rings is 1. The van der Waals surface area contributed by atoms with Gasteiger partial charge in [-0.05, 0) is 37.0 Å². The summed E-state index contributed by atoms with van der Waals surface area (Å²) in [6, 6.07) is 4.91. The number of carboxylic acid groups (broad SMARTS) is 1. The van der Waals surface area contributed by atoms with E-state index in [1.54, 1.807) is 17.0 Å². The van der Waals surface area contributed by atoms with Crippen LogP contribution in [0.4, 0.5) is 10.5 Å². The van der Waals surface area contributed by atoms with Gasteiger partial charge in [0.25, 0.3) is 5.91 Å². The summed E-state index contributed by atoms with van der Waals surface area (Å²) in [5.74, 6) is -1.38. The fraction of sp³-hybridized carbons (Fsp3) is 0.550. The maximum Gasteiger partial charge on any atom is 0.321 e. The highest BCUT2D eigenvalue weighted by atomic mass is 16.5. The zero-order chi connectivity index (χ0) is 20.3. The second-order valence-corrected chi connectivity index (χ2v) is 7.65. The summed E-state index contributed by atoms with van der Waals surface area (Å²) >= 11 is 0. The Morgan fingerprint density at radius 2 is 1.86 bits per heavy atom. The molecule has 2 heterocycles. The van der Waals surface area contributed by atoms with Crippen LogP contribution < -0.4 is 5.32 Å². The van der Waals surface area contributed by atoms with Gasteiger partial charge in [-0.25, -0.2) is 4.79 Å². The topological polar surface area (TPSA) is 99.2 Å². The maximum absolute atomic E-state index is 12.8. The third-order valence-corrected chi connectivity index (χ3v) is 5.31. The Bertz CT molecular complexity index is 760. The molecule has 1 aromatic carbocycles. The summed E-state index contributed by atoms with van der Waals surface area (Å²) in [5.41, 5.74) is 1.92. The highest BCUT2D eigenvalue weighted by Gasteiger charge is 2.32. The normalized spacial score (nSPS) is 22.6. The first-order valence-corrected chi connectivity index (χ1v) is 9.61. The van der Waals surface area contributed by atoms with E-state index < -0.39 is 11.9 Å². The average molecular weight is 389 g/mol. The molecule has 0 spiro atoms. The van der Waals surface area contributed by atoms with E-state index in [-0.39, 0.29) is 24.4 Å². The van der Waals surface area contributed by atoms with E-state index in [9.17, 15) is 19.5 Å². The van der Waals surface area contributed by atoms with E-state index in [4.69, 9.17) is 4.74 Å². The standard InChI is InChI=1S/C20H27N3O5/c1-13-9-15(19(25)26)12-23(11-13)20(27)21-16-4-3-14(2)17(10-16)18(24)22-5-7-28-8-6-22/h3-4,10,13,15H,5-9,11-12H2,1-2H3,(H,21,27)(H,25,26). The quantitative estimate of drug-likeness (QED) is 0.824. The zero-order valence-electron chi connectivity index (χ0n) is 16.3. The van der Waals surface area contributed by atoms with Gasteiger partial charge in [-0.3, -0.25) is 9.59 Å². The van der Waals surface area contributed by atoms with Crippen molar-refractivity contribution in [2.45, 2.75) is 20.3 Å². The summed E-state index contributed by atoms with van der Waals surface area (Å²) in [7, 11) is 0. The van der Waals surface area contributed by atoms with E-state index in [0.29, 0.717) is 50.5 Å². The van der Waals surface area contributed by atoms with Crippen LogP contribution >= 0.6 is 0 Å². The molecule has 2 aliphatic heterocycles. The van der Waals surface area contributed by atoms with E-state index in [1.165, 1.54) is 4.90 Å². The van der Waals surface area contributed by atoms with Crippen LogP contribution in [0.5, 0.6) is 0 Å². The number of rotatable bonds is 3. The molecular weight excluding hydrogens is 362 g/mol. The van der Waals surface area contributed by atoms with Gasteiger partial charge in [-0.15, -0.1) is 0 Å². The van der Waals surface area contributed by atoms with Crippen molar-refractivity contribution in [3.63, 3.8) is 0 Å².